The lowest BCUT2D eigenvalue weighted by Gasteiger charge is -2.34. The Morgan fingerprint density at radius 1 is 1.10 bits per heavy atom. The van der Waals surface area contributed by atoms with Gasteiger partial charge in [0.15, 0.2) is 0 Å². The molecular formula is C22H23FN2O3S. The molecule has 1 aromatic heterocycles. The Hall–Kier alpha value is -2.67. The number of pyridine rings is 1. The zero-order valence-corrected chi connectivity index (χ0v) is 17.2. The van der Waals surface area contributed by atoms with E-state index >= 15 is 0 Å². The van der Waals surface area contributed by atoms with Crippen molar-refractivity contribution in [3.8, 4) is 5.75 Å². The molecule has 0 atom stereocenters. The van der Waals surface area contributed by atoms with Crippen molar-refractivity contribution >= 4 is 26.4 Å². The summed E-state index contributed by atoms with van der Waals surface area (Å²) in [7, 11) is -2.32. The molecule has 2 heterocycles. The molecule has 2 aromatic carbocycles. The zero-order valence-electron chi connectivity index (χ0n) is 16.4. The highest BCUT2D eigenvalue weighted by molar-refractivity contribution is 7.91. The molecule has 1 aliphatic heterocycles. The number of halogens is 1. The van der Waals surface area contributed by atoms with Gasteiger partial charge in [-0.1, -0.05) is 19.1 Å². The lowest BCUT2D eigenvalue weighted by molar-refractivity contribution is 0.414. The minimum Gasteiger partial charge on any atom is -0.497 e. The average molecular weight is 415 g/mol. The number of hydrogen-bond donors (Lipinski definition) is 0. The number of benzene rings is 2. The number of rotatable bonds is 4. The van der Waals surface area contributed by atoms with Gasteiger partial charge in [-0.3, -0.25) is 4.98 Å². The fraction of sp³-hybridized carbons (Fsp3) is 0.318. The number of hydrogen-bond acceptors (Lipinski definition) is 5. The molecule has 0 N–H and O–H groups in total. The number of ether oxygens (including phenoxy) is 1. The molecule has 152 valence electrons. The highest BCUT2D eigenvalue weighted by atomic mass is 32.2. The van der Waals surface area contributed by atoms with Crippen molar-refractivity contribution in [1.82, 2.24) is 4.98 Å². The molecule has 1 aliphatic rings. The maximum atomic E-state index is 14.4. The van der Waals surface area contributed by atoms with Crippen molar-refractivity contribution in [3.05, 3.63) is 54.5 Å². The van der Waals surface area contributed by atoms with Gasteiger partial charge in [-0.25, -0.2) is 12.8 Å². The van der Waals surface area contributed by atoms with Gasteiger partial charge in [0.1, 0.15) is 22.0 Å². The van der Waals surface area contributed by atoms with Gasteiger partial charge in [0.25, 0.3) is 0 Å². The van der Waals surface area contributed by atoms with Gasteiger partial charge < -0.3 is 9.64 Å². The summed E-state index contributed by atoms with van der Waals surface area (Å²) in [6.45, 7) is 3.64. The molecule has 0 aliphatic carbocycles. The van der Waals surface area contributed by atoms with Crippen LogP contribution in [0.1, 0.15) is 19.8 Å². The number of nitrogens with zero attached hydrogens (tertiary/aromatic N) is 2. The maximum absolute atomic E-state index is 14.4. The van der Waals surface area contributed by atoms with E-state index in [9.17, 15) is 12.8 Å². The third-order valence-corrected chi connectivity index (χ3v) is 7.32. The van der Waals surface area contributed by atoms with E-state index in [0.717, 1.165) is 25.9 Å². The Labute approximate surface area is 170 Å². The Morgan fingerprint density at radius 2 is 1.79 bits per heavy atom. The zero-order chi connectivity index (χ0) is 20.6. The van der Waals surface area contributed by atoms with Gasteiger partial charge in [-0.05, 0) is 49.1 Å². The quantitative estimate of drug-likeness (QED) is 0.631. The van der Waals surface area contributed by atoms with Crippen LogP contribution < -0.4 is 9.64 Å². The smallest absolute Gasteiger partial charge is 0.210 e. The Balaban J connectivity index is 1.92. The van der Waals surface area contributed by atoms with Crippen LogP contribution in [-0.2, 0) is 9.84 Å². The number of piperidine rings is 1. The molecule has 0 amide bonds. The SMILES string of the molecule is COc1ccc(S(=O)(=O)c2cnc3c(F)cccc3c2N2CCC(C)CC2)cc1. The predicted octanol–water partition coefficient (Wildman–Crippen LogP) is 4.45. The largest absolute Gasteiger partial charge is 0.497 e. The first-order chi connectivity index (χ1) is 13.9. The van der Waals surface area contributed by atoms with E-state index in [-0.39, 0.29) is 15.3 Å². The van der Waals surface area contributed by atoms with E-state index in [2.05, 4.69) is 16.8 Å². The average Bonchev–Trinajstić information content (AvgIpc) is 2.74. The van der Waals surface area contributed by atoms with Crippen LogP contribution in [0.4, 0.5) is 10.1 Å². The molecule has 3 aromatic rings. The number of fused-ring (bicyclic) bond motifs is 1. The standard InChI is InChI=1S/C22H23FN2O3S/c1-15-10-12-25(13-11-15)22-18-4-3-5-19(23)21(18)24-14-20(22)29(26,27)17-8-6-16(28-2)7-9-17/h3-9,14-15H,10-13H2,1-2H3. The monoisotopic (exact) mass is 414 g/mol. The first-order valence-corrected chi connectivity index (χ1v) is 11.1. The first-order valence-electron chi connectivity index (χ1n) is 9.63. The van der Waals surface area contributed by atoms with Crippen molar-refractivity contribution in [1.29, 1.82) is 0 Å². The van der Waals surface area contributed by atoms with E-state index in [1.54, 1.807) is 24.3 Å². The van der Waals surface area contributed by atoms with Crippen LogP contribution in [0, 0.1) is 11.7 Å². The molecule has 0 bridgehead atoms. The summed E-state index contributed by atoms with van der Waals surface area (Å²) >= 11 is 0. The van der Waals surface area contributed by atoms with Crippen LogP contribution in [0.3, 0.4) is 0 Å². The molecule has 0 unspecified atom stereocenters. The maximum Gasteiger partial charge on any atom is 0.210 e. The third-order valence-electron chi connectivity index (χ3n) is 5.55. The summed E-state index contributed by atoms with van der Waals surface area (Å²) in [5.74, 6) is 0.702. The highest BCUT2D eigenvalue weighted by Gasteiger charge is 2.29. The number of aromatic nitrogens is 1. The molecule has 4 rings (SSSR count). The molecule has 1 fully saturated rings. The number of para-hydroxylation sites is 1. The topological polar surface area (TPSA) is 59.5 Å². The Morgan fingerprint density at radius 3 is 2.45 bits per heavy atom. The van der Waals surface area contributed by atoms with Crippen molar-refractivity contribution < 1.29 is 17.5 Å². The second-order valence-electron chi connectivity index (χ2n) is 7.46. The van der Waals surface area contributed by atoms with Gasteiger partial charge in [0.05, 0.1) is 17.7 Å². The van der Waals surface area contributed by atoms with Crippen molar-refractivity contribution in [2.75, 3.05) is 25.1 Å². The summed E-state index contributed by atoms with van der Waals surface area (Å²) < 4.78 is 46.5. The lowest BCUT2D eigenvalue weighted by atomic mass is 9.98. The third kappa shape index (κ3) is 3.55. The van der Waals surface area contributed by atoms with Crippen LogP contribution in [0.2, 0.25) is 0 Å². The minimum absolute atomic E-state index is 0.107. The van der Waals surface area contributed by atoms with Crippen LogP contribution in [-0.4, -0.2) is 33.6 Å². The van der Waals surface area contributed by atoms with Crippen LogP contribution in [0.15, 0.2) is 58.5 Å². The number of methoxy groups -OCH3 is 1. The Kier molecular flexibility index (Phi) is 5.17. The fourth-order valence-electron chi connectivity index (χ4n) is 3.79. The van der Waals surface area contributed by atoms with Gasteiger partial charge in [0.2, 0.25) is 9.84 Å². The lowest BCUT2D eigenvalue weighted by Crippen LogP contribution is -2.34. The molecule has 29 heavy (non-hydrogen) atoms. The van der Waals surface area contributed by atoms with Crippen molar-refractivity contribution in [3.63, 3.8) is 0 Å². The molecule has 0 radical (unpaired) electrons. The fourth-order valence-corrected chi connectivity index (χ4v) is 5.22. The van der Waals surface area contributed by atoms with Crippen molar-refractivity contribution in [2.45, 2.75) is 29.6 Å². The van der Waals surface area contributed by atoms with Gasteiger partial charge in [-0.2, -0.15) is 0 Å². The van der Waals surface area contributed by atoms with Crippen LogP contribution >= 0.6 is 0 Å². The summed E-state index contributed by atoms with van der Waals surface area (Å²) in [5.41, 5.74) is 0.729. The molecule has 5 nitrogen and oxygen atoms in total. The minimum atomic E-state index is -3.84. The second kappa shape index (κ2) is 7.63. The van der Waals surface area contributed by atoms with E-state index in [1.165, 1.54) is 31.5 Å². The summed E-state index contributed by atoms with van der Waals surface area (Å²) in [6.07, 6.45) is 3.21. The molecule has 1 saturated heterocycles. The molecule has 0 spiro atoms. The second-order valence-corrected chi connectivity index (χ2v) is 9.37. The van der Waals surface area contributed by atoms with Crippen molar-refractivity contribution in [2.24, 2.45) is 5.92 Å². The predicted molar refractivity (Wildman–Crippen MR) is 111 cm³/mol. The highest BCUT2D eigenvalue weighted by Crippen LogP contribution is 2.38. The van der Waals surface area contributed by atoms with E-state index < -0.39 is 15.7 Å². The molecular weight excluding hydrogens is 391 g/mol. The van der Waals surface area contributed by atoms with Crippen LogP contribution in [0.5, 0.6) is 5.75 Å². The molecule has 0 saturated carbocycles. The van der Waals surface area contributed by atoms with E-state index in [1.807, 2.05) is 0 Å². The van der Waals surface area contributed by atoms with Gasteiger partial charge in [-0.15, -0.1) is 0 Å². The Bertz CT molecular complexity index is 1140. The van der Waals surface area contributed by atoms with E-state index in [0.29, 0.717) is 22.7 Å². The number of sulfone groups is 1. The summed E-state index contributed by atoms with van der Waals surface area (Å²) in [5, 5.41) is 0.522. The summed E-state index contributed by atoms with van der Waals surface area (Å²) in [6, 6.07) is 10.9. The van der Waals surface area contributed by atoms with E-state index in [4.69, 9.17) is 4.74 Å². The number of anilines is 1. The summed E-state index contributed by atoms with van der Waals surface area (Å²) in [4.78, 5) is 6.49. The van der Waals surface area contributed by atoms with Crippen LogP contribution in [0.25, 0.3) is 10.9 Å². The first kappa shape index (κ1) is 19.6. The normalized spacial score (nSPS) is 15.6. The van der Waals surface area contributed by atoms with Gasteiger partial charge in [0, 0.05) is 24.7 Å². The molecule has 7 heteroatoms. The van der Waals surface area contributed by atoms with Gasteiger partial charge >= 0.3 is 0 Å².